The molecule has 1 unspecified atom stereocenters. The van der Waals surface area contributed by atoms with Gasteiger partial charge in [0.25, 0.3) is 0 Å². The number of H-pyrrole nitrogens is 1. The predicted molar refractivity (Wildman–Crippen MR) is 82.9 cm³/mol. The van der Waals surface area contributed by atoms with Crippen LogP contribution in [0.25, 0.3) is 10.9 Å². The summed E-state index contributed by atoms with van der Waals surface area (Å²) in [5.41, 5.74) is 4.23. The standard InChI is InChI=1S/C17H19N3O/c1-2-12-13-6-11(17-18-4-5-21-17)9-20-15(13)7-10-8-19-14(3-1)16(10)12/h1-3,8,11,13,15,19-20H,4-7,9H2/t11?,13-,15-/m1/s1. The second kappa shape index (κ2) is 4.34. The van der Waals surface area contributed by atoms with Crippen LogP contribution in [0.3, 0.4) is 0 Å². The Morgan fingerprint density at radius 2 is 2.29 bits per heavy atom. The van der Waals surface area contributed by atoms with Crippen LogP contribution in [0.15, 0.2) is 29.4 Å². The van der Waals surface area contributed by atoms with Gasteiger partial charge >= 0.3 is 0 Å². The summed E-state index contributed by atoms with van der Waals surface area (Å²) >= 11 is 0. The van der Waals surface area contributed by atoms with Gasteiger partial charge in [-0.25, -0.2) is 0 Å². The zero-order chi connectivity index (χ0) is 13.8. The van der Waals surface area contributed by atoms with Gasteiger partial charge in [-0.05, 0) is 30.0 Å². The van der Waals surface area contributed by atoms with Crippen molar-refractivity contribution in [1.29, 1.82) is 0 Å². The summed E-state index contributed by atoms with van der Waals surface area (Å²) in [5.74, 6) is 1.99. The molecule has 0 spiro atoms. The number of benzene rings is 1. The third kappa shape index (κ3) is 1.69. The Kier molecular flexibility index (Phi) is 2.44. The van der Waals surface area contributed by atoms with Crippen molar-refractivity contribution in [3.05, 3.63) is 35.5 Å². The van der Waals surface area contributed by atoms with Gasteiger partial charge in [0.15, 0.2) is 5.90 Å². The van der Waals surface area contributed by atoms with E-state index in [0.717, 1.165) is 38.4 Å². The van der Waals surface area contributed by atoms with E-state index >= 15 is 0 Å². The van der Waals surface area contributed by atoms with Crippen LogP contribution >= 0.6 is 0 Å². The summed E-state index contributed by atoms with van der Waals surface area (Å²) in [6, 6.07) is 7.21. The molecule has 2 N–H and O–H groups in total. The number of aromatic amines is 1. The molecule has 3 heterocycles. The van der Waals surface area contributed by atoms with E-state index in [1.807, 2.05) is 0 Å². The maximum Gasteiger partial charge on any atom is 0.187 e. The van der Waals surface area contributed by atoms with Gasteiger partial charge in [0.1, 0.15) is 6.61 Å². The lowest BCUT2D eigenvalue weighted by molar-refractivity contribution is 0.264. The lowest BCUT2D eigenvalue weighted by atomic mass is 9.73. The van der Waals surface area contributed by atoms with E-state index in [4.69, 9.17) is 4.74 Å². The highest BCUT2D eigenvalue weighted by Crippen LogP contribution is 2.42. The van der Waals surface area contributed by atoms with Crippen LogP contribution in [-0.4, -0.2) is 36.6 Å². The predicted octanol–water partition coefficient (Wildman–Crippen LogP) is 2.21. The van der Waals surface area contributed by atoms with Crippen molar-refractivity contribution in [2.24, 2.45) is 10.9 Å². The lowest BCUT2D eigenvalue weighted by Crippen LogP contribution is -2.48. The van der Waals surface area contributed by atoms with Crippen molar-refractivity contribution < 1.29 is 4.74 Å². The first kappa shape index (κ1) is 11.8. The Labute approximate surface area is 123 Å². The highest BCUT2D eigenvalue weighted by atomic mass is 16.5. The molecule has 4 nitrogen and oxygen atoms in total. The summed E-state index contributed by atoms with van der Waals surface area (Å²) in [4.78, 5) is 7.95. The number of aliphatic imine (C=N–C) groups is 1. The minimum atomic E-state index is 0.435. The maximum absolute atomic E-state index is 5.70. The Bertz CT molecular complexity index is 733. The second-order valence-corrected chi connectivity index (χ2v) is 6.41. The SMILES string of the molecule is c1cc2c3c(c[nH]c3c1)C[C@H]1NCC(C3=NCCO3)C[C@H]21. The van der Waals surface area contributed by atoms with Gasteiger partial charge in [0.05, 0.1) is 6.54 Å². The van der Waals surface area contributed by atoms with Gasteiger partial charge in [-0.2, -0.15) is 0 Å². The molecule has 2 aliphatic heterocycles. The normalized spacial score (nSPS) is 30.9. The first-order chi connectivity index (χ1) is 10.4. The van der Waals surface area contributed by atoms with Gasteiger partial charge in [0, 0.05) is 41.5 Å². The lowest BCUT2D eigenvalue weighted by Gasteiger charge is -2.40. The van der Waals surface area contributed by atoms with E-state index in [9.17, 15) is 0 Å². The highest BCUT2D eigenvalue weighted by molar-refractivity contribution is 5.88. The van der Waals surface area contributed by atoms with Gasteiger partial charge in [-0.1, -0.05) is 12.1 Å². The summed E-state index contributed by atoms with van der Waals surface area (Å²) < 4.78 is 5.70. The number of nitrogens with one attached hydrogen (secondary N) is 2. The molecule has 5 rings (SSSR count). The van der Waals surface area contributed by atoms with Crippen molar-refractivity contribution in [1.82, 2.24) is 10.3 Å². The number of rotatable bonds is 1. The summed E-state index contributed by atoms with van der Waals surface area (Å²) in [5, 5.41) is 5.20. The molecule has 1 aromatic carbocycles. The van der Waals surface area contributed by atoms with Crippen LogP contribution < -0.4 is 5.32 Å². The summed E-state index contributed by atoms with van der Waals surface area (Å²) in [6.45, 7) is 2.59. The number of aromatic nitrogens is 1. The molecule has 21 heavy (non-hydrogen) atoms. The first-order valence-corrected chi connectivity index (χ1v) is 7.89. The quantitative estimate of drug-likeness (QED) is 0.842. The summed E-state index contributed by atoms with van der Waals surface area (Å²) in [6.07, 6.45) is 4.46. The number of piperidine rings is 1. The minimum absolute atomic E-state index is 0.435. The Morgan fingerprint density at radius 3 is 3.19 bits per heavy atom. The molecule has 3 atom stereocenters. The van der Waals surface area contributed by atoms with Gasteiger partial charge < -0.3 is 15.0 Å². The molecule has 4 heteroatoms. The average molecular weight is 281 g/mol. The number of hydrogen-bond donors (Lipinski definition) is 2. The van der Waals surface area contributed by atoms with E-state index in [1.165, 1.54) is 22.0 Å². The van der Waals surface area contributed by atoms with Crippen LogP contribution in [0.1, 0.15) is 23.5 Å². The van der Waals surface area contributed by atoms with Gasteiger partial charge in [-0.3, -0.25) is 4.99 Å². The molecule has 0 amide bonds. The third-order valence-electron chi connectivity index (χ3n) is 5.27. The number of ether oxygens (including phenoxy) is 1. The molecule has 0 saturated carbocycles. The van der Waals surface area contributed by atoms with Crippen LogP contribution in [-0.2, 0) is 11.2 Å². The van der Waals surface area contributed by atoms with E-state index in [2.05, 4.69) is 39.7 Å². The summed E-state index contributed by atoms with van der Waals surface area (Å²) in [7, 11) is 0. The Morgan fingerprint density at radius 1 is 1.29 bits per heavy atom. The Hall–Kier alpha value is -1.81. The molecule has 1 saturated heterocycles. The fourth-order valence-electron chi connectivity index (χ4n) is 4.33. The largest absolute Gasteiger partial charge is 0.479 e. The molecule has 2 aromatic rings. The van der Waals surface area contributed by atoms with Crippen molar-refractivity contribution >= 4 is 16.8 Å². The highest BCUT2D eigenvalue weighted by Gasteiger charge is 2.38. The van der Waals surface area contributed by atoms with Crippen LogP contribution in [0.5, 0.6) is 0 Å². The molecule has 1 aromatic heterocycles. The topological polar surface area (TPSA) is 49.4 Å². The van der Waals surface area contributed by atoms with Crippen molar-refractivity contribution in [2.75, 3.05) is 19.7 Å². The van der Waals surface area contributed by atoms with Crippen molar-refractivity contribution in [3.8, 4) is 0 Å². The maximum atomic E-state index is 5.70. The van der Waals surface area contributed by atoms with E-state index in [0.29, 0.717) is 17.9 Å². The van der Waals surface area contributed by atoms with Crippen LogP contribution in [0.2, 0.25) is 0 Å². The smallest absolute Gasteiger partial charge is 0.187 e. The average Bonchev–Trinajstić information content (AvgIpc) is 3.18. The second-order valence-electron chi connectivity index (χ2n) is 6.41. The molecule has 0 bridgehead atoms. The molecule has 1 fully saturated rings. The van der Waals surface area contributed by atoms with E-state index < -0.39 is 0 Å². The molecule has 3 aliphatic rings. The first-order valence-electron chi connectivity index (χ1n) is 7.89. The van der Waals surface area contributed by atoms with Gasteiger partial charge in [0.2, 0.25) is 0 Å². The molecule has 0 radical (unpaired) electrons. The van der Waals surface area contributed by atoms with Gasteiger partial charge in [-0.15, -0.1) is 0 Å². The van der Waals surface area contributed by atoms with Crippen molar-refractivity contribution in [2.45, 2.75) is 24.8 Å². The van der Waals surface area contributed by atoms with E-state index in [-0.39, 0.29) is 0 Å². The zero-order valence-corrected chi connectivity index (χ0v) is 11.9. The molecular weight excluding hydrogens is 262 g/mol. The Balaban J connectivity index is 1.56. The monoisotopic (exact) mass is 281 g/mol. The molecular formula is C17H19N3O. The zero-order valence-electron chi connectivity index (χ0n) is 11.9. The number of nitrogens with zero attached hydrogens (tertiary/aromatic N) is 1. The van der Waals surface area contributed by atoms with Crippen LogP contribution in [0.4, 0.5) is 0 Å². The number of hydrogen-bond acceptors (Lipinski definition) is 3. The third-order valence-corrected chi connectivity index (χ3v) is 5.27. The molecule has 1 aliphatic carbocycles. The fourth-order valence-corrected chi connectivity index (χ4v) is 4.33. The minimum Gasteiger partial charge on any atom is -0.479 e. The van der Waals surface area contributed by atoms with Crippen LogP contribution in [0, 0.1) is 5.92 Å². The number of fused-ring (bicyclic) bond motifs is 2. The molecule has 108 valence electrons. The van der Waals surface area contributed by atoms with E-state index in [1.54, 1.807) is 0 Å². The fraction of sp³-hybridized carbons (Fsp3) is 0.471. The van der Waals surface area contributed by atoms with Crippen molar-refractivity contribution in [3.63, 3.8) is 0 Å².